The maximum Gasteiger partial charge on any atom is 0.315 e. The molecule has 2 aromatic carbocycles. The zero-order valence-corrected chi connectivity index (χ0v) is 19.0. The molecule has 1 saturated carbocycles. The molecule has 8 nitrogen and oxygen atoms in total. The Kier molecular flexibility index (Phi) is 7.12. The number of ether oxygens (including phenoxy) is 2. The van der Waals surface area contributed by atoms with Crippen LogP contribution in [-0.4, -0.2) is 42.2 Å². The van der Waals surface area contributed by atoms with Crippen molar-refractivity contribution >= 4 is 23.0 Å². The molecule has 3 N–H and O–H groups in total. The Morgan fingerprint density at radius 3 is 2.64 bits per heavy atom. The van der Waals surface area contributed by atoms with Crippen LogP contribution in [0.3, 0.4) is 0 Å². The van der Waals surface area contributed by atoms with E-state index < -0.39 is 0 Å². The number of para-hydroxylation sites is 2. The van der Waals surface area contributed by atoms with E-state index in [1.54, 1.807) is 7.11 Å². The van der Waals surface area contributed by atoms with E-state index in [9.17, 15) is 9.59 Å². The van der Waals surface area contributed by atoms with Crippen LogP contribution in [0.4, 0.5) is 4.79 Å². The second-order valence-corrected chi connectivity index (χ2v) is 8.45. The van der Waals surface area contributed by atoms with Gasteiger partial charge >= 0.3 is 12.0 Å². The van der Waals surface area contributed by atoms with E-state index >= 15 is 0 Å². The highest BCUT2D eigenvalue weighted by Crippen LogP contribution is 2.26. The lowest BCUT2D eigenvalue weighted by atomic mass is 9.86. The summed E-state index contributed by atoms with van der Waals surface area (Å²) in [7, 11) is 3.04. The van der Waals surface area contributed by atoms with E-state index in [-0.39, 0.29) is 30.0 Å². The van der Waals surface area contributed by atoms with Crippen LogP contribution in [-0.2, 0) is 16.0 Å². The van der Waals surface area contributed by atoms with Gasteiger partial charge in [0.05, 0.1) is 37.2 Å². The summed E-state index contributed by atoms with van der Waals surface area (Å²) >= 11 is 0. The summed E-state index contributed by atoms with van der Waals surface area (Å²) in [6.07, 6.45) is 3.67. The molecular formula is C25H30N4O4. The molecule has 1 aliphatic carbocycles. The molecular weight excluding hydrogens is 420 g/mol. The second kappa shape index (κ2) is 10.4. The largest absolute Gasteiger partial charge is 0.497 e. The number of hydrogen-bond acceptors (Lipinski definition) is 5. The van der Waals surface area contributed by atoms with Crippen molar-refractivity contribution in [3.63, 3.8) is 0 Å². The fourth-order valence-corrected chi connectivity index (χ4v) is 4.44. The van der Waals surface area contributed by atoms with Crippen molar-refractivity contribution in [2.24, 2.45) is 5.92 Å². The van der Waals surface area contributed by atoms with Gasteiger partial charge in [-0.15, -0.1) is 0 Å². The van der Waals surface area contributed by atoms with Crippen LogP contribution in [0.5, 0.6) is 5.75 Å². The number of fused-ring (bicyclic) bond motifs is 1. The molecule has 0 spiro atoms. The quantitative estimate of drug-likeness (QED) is 0.474. The van der Waals surface area contributed by atoms with Crippen LogP contribution in [0.2, 0.25) is 0 Å². The summed E-state index contributed by atoms with van der Waals surface area (Å²) in [5.74, 6) is 1.10. The summed E-state index contributed by atoms with van der Waals surface area (Å²) in [6, 6.07) is 14.9. The normalized spacial score (nSPS) is 19.0. The molecule has 0 bridgehead atoms. The van der Waals surface area contributed by atoms with Crippen LogP contribution in [0, 0.1) is 5.92 Å². The number of urea groups is 1. The minimum Gasteiger partial charge on any atom is -0.497 e. The van der Waals surface area contributed by atoms with Crippen LogP contribution in [0.1, 0.15) is 43.1 Å². The lowest BCUT2D eigenvalue weighted by Crippen LogP contribution is -2.46. The molecule has 2 amide bonds. The van der Waals surface area contributed by atoms with Gasteiger partial charge in [0.25, 0.3) is 0 Å². The zero-order valence-electron chi connectivity index (χ0n) is 19.0. The number of carbonyl (C=O) groups is 2. The van der Waals surface area contributed by atoms with Crippen LogP contribution in [0.25, 0.3) is 11.0 Å². The average Bonchev–Trinajstić information content (AvgIpc) is 3.28. The van der Waals surface area contributed by atoms with Crippen molar-refractivity contribution in [3.8, 4) is 5.75 Å². The fraction of sp³-hybridized carbons (Fsp3) is 0.400. The zero-order chi connectivity index (χ0) is 23.2. The number of imidazole rings is 1. The maximum atomic E-state index is 12.9. The number of nitrogens with one attached hydrogen (secondary N) is 3. The van der Waals surface area contributed by atoms with E-state index in [0.717, 1.165) is 41.6 Å². The van der Waals surface area contributed by atoms with Crippen molar-refractivity contribution < 1.29 is 19.1 Å². The van der Waals surface area contributed by atoms with Crippen molar-refractivity contribution in [2.45, 2.75) is 44.2 Å². The van der Waals surface area contributed by atoms with E-state index in [1.807, 2.05) is 48.5 Å². The Labute approximate surface area is 193 Å². The minimum absolute atomic E-state index is 0.0693. The number of aromatic amines is 1. The van der Waals surface area contributed by atoms with Gasteiger partial charge in [-0.1, -0.05) is 30.7 Å². The molecule has 3 aromatic rings. The molecule has 3 atom stereocenters. The molecule has 1 aliphatic rings. The van der Waals surface area contributed by atoms with Gasteiger partial charge in [-0.25, -0.2) is 9.78 Å². The first kappa shape index (κ1) is 22.6. The van der Waals surface area contributed by atoms with Gasteiger partial charge in [0.15, 0.2) is 0 Å². The summed E-state index contributed by atoms with van der Waals surface area (Å²) in [5.41, 5.74) is 2.82. The van der Waals surface area contributed by atoms with E-state index in [0.29, 0.717) is 18.7 Å². The van der Waals surface area contributed by atoms with Crippen molar-refractivity contribution in [1.82, 2.24) is 20.6 Å². The van der Waals surface area contributed by atoms with Crippen LogP contribution < -0.4 is 15.4 Å². The molecule has 8 heteroatoms. The number of nitrogens with zero attached hydrogens (tertiary/aromatic N) is 1. The van der Waals surface area contributed by atoms with Gasteiger partial charge in [0.1, 0.15) is 11.6 Å². The maximum absolute atomic E-state index is 12.9. The van der Waals surface area contributed by atoms with Crippen molar-refractivity contribution in [1.29, 1.82) is 0 Å². The number of esters is 1. The van der Waals surface area contributed by atoms with Crippen molar-refractivity contribution in [2.75, 3.05) is 14.2 Å². The molecule has 33 heavy (non-hydrogen) atoms. The molecule has 174 valence electrons. The lowest BCUT2D eigenvalue weighted by molar-refractivity contribution is -0.146. The van der Waals surface area contributed by atoms with Gasteiger partial charge in [0, 0.05) is 6.04 Å². The number of rotatable bonds is 7. The van der Waals surface area contributed by atoms with Gasteiger partial charge < -0.3 is 25.1 Å². The molecule has 0 saturated heterocycles. The number of benzene rings is 2. The molecule has 4 rings (SSSR count). The molecule has 1 fully saturated rings. The number of aromatic nitrogens is 2. The lowest BCUT2D eigenvalue weighted by Gasteiger charge is -2.29. The number of amides is 2. The third kappa shape index (κ3) is 5.63. The predicted molar refractivity (Wildman–Crippen MR) is 125 cm³/mol. The highest BCUT2D eigenvalue weighted by atomic mass is 16.5. The Hall–Kier alpha value is -3.55. The fourth-order valence-electron chi connectivity index (χ4n) is 4.44. The smallest absolute Gasteiger partial charge is 0.315 e. The molecule has 2 unspecified atom stereocenters. The van der Waals surface area contributed by atoms with Crippen LogP contribution >= 0.6 is 0 Å². The predicted octanol–water partition coefficient (Wildman–Crippen LogP) is 3.89. The standard InChI is InChI=1S/C25H30N4O4/c1-32-19-12-10-16(11-13-19)14-22(23-27-20-8-3-4-9-21(20)28-23)29-25(31)26-18-7-5-6-17(15-18)24(30)33-2/h3-4,8-13,17-18,22H,5-7,14-15H2,1-2H3,(H,27,28)(H2,26,29,31)/t17?,18?,22-/m1/s1. The van der Waals surface area contributed by atoms with Gasteiger partial charge in [-0.05, 0) is 55.5 Å². The van der Waals surface area contributed by atoms with Gasteiger partial charge in [-0.3, -0.25) is 4.79 Å². The Morgan fingerprint density at radius 1 is 1.12 bits per heavy atom. The Balaban J connectivity index is 1.48. The van der Waals surface area contributed by atoms with E-state index in [1.165, 1.54) is 7.11 Å². The average molecular weight is 451 g/mol. The monoisotopic (exact) mass is 450 g/mol. The van der Waals surface area contributed by atoms with Gasteiger partial charge in [-0.2, -0.15) is 0 Å². The summed E-state index contributed by atoms with van der Waals surface area (Å²) in [4.78, 5) is 32.9. The Morgan fingerprint density at radius 2 is 1.91 bits per heavy atom. The Bertz CT molecular complexity index is 1060. The summed E-state index contributed by atoms with van der Waals surface area (Å²) in [5, 5.41) is 6.13. The topological polar surface area (TPSA) is 105 Å². The highest BCUT2D eigenvalue weighted by Gasteiger charge is 2.29. The summed E-state index contributed by atoms with van der Waals surface area (Å²) in [6.45, 7) is 0. The molecule has 1 aromatic heterocycles. The molecule has 0 aliphatic heterocycles. The van der Waals surface area contributed by atoms with Crippen molar-refractivity contribution in [3.05, 3.63) is 59.9 Å². The second-order valence-electron chi connectivity index (χ2n) is 8.45. The number of carbonyl (C=O) groups excluding carboxylic acids is 2. The van der Waals surface area contributed by atoms with Crippen LogP contribution in [0.15, 0.2) is 48.5 Å². The first-order valence-electron chi connectivity index (χ1n) is 11.3. The summed E-state index contributed by atoms with van der Waals surface area (Å²) < 4.78 is 10.1. The number of H-pyrrole nitrogens is 1. The van der Waals surface area contributed by atoms with E-state index in [2.05, 4.69) is 15.6 Å². The third-order valence-corrected chi connectivity index (χ3v) is 6.19. The van der Waals surface area contributed by atoms with E-state index in [4.69, 9.17) is 14.5 Å². The number of methoxy groups -OCH3 is 2. The molecule has 1 heterocycles. The number of hydrogen-bond donors (Lipinski definition) is 3. The third-order valence-electron chi connectivity index (χ3n) is 6.19. The SMILES string of the molecule is COC(=O)C1CCCC(NC(=O)N[C@H](Cc2ccc(OC)cc2)c2nc3ccccc3[nH]2)C1. The first-order valence-corrected chi connectivity index (χ1v) is 11.3. The highest BCUT2D eigenvalue weighted by molar-refractivity contribution is 5.77. The molecule has 0 radical (unpaired) electrons. The minimum atomic E-state index is -0.356. The first-order chi connectivity index (χ1) is 16.1. The van der Waals surface area contributed by atoms with Gasteiger partial charge in [0.2, 0.25) is 0 Å².